The minimum atomic E-state index is -0.441. The van der Waals surface area contributed by atoms with Crippen LogP contribution in [-0.2, 0) is 9.59 Å². The molecule has 1 fully saturated rings. The summed E-state index contributed by atoms with van der Waals surface area (Å²) in [6.07, 6.45) is 2.31. The number of rotatable bonds is 2. The molecule has 1 aliphatic rings. The van der Waals surface area contributed by atoms with E-state index in [4.69, 9.17) is 11.6 Å². The van der Waals surface area contributed by atoms with Crippen LogP contribution in [0.25, 0.3) is 0 Å². The molecule has 1 N–H and O–H groups in total. The Hall–Kier alpha value is -1.69. The van der Waals surface area contributed by atoms with Gasteiger partial charge in [0.1, 0.15) is 11.9 Å². The lowest BCUT2D eigenvalue weighted by molar-refractivity contribution is -0.146. The average molecular weight is 255 g/mol. The van der Waals surface area contributed by atoms with Gasteiger partial charge in [-0.3, -0.25) is 14.5 Å². The molecule has 1 saturated heterocycles. The molecule has 0 bridgehead atoms. The summed E-state index contributed by atoms with van der Waals surface area (Å²) < 4.78 is 0. The average Bonchev–Trinajstić information content (AvgIpc) is 2.30. The van der Waals surface area contributed by atoms with E-state index >= 15 is 0 Å². The molecule has 1 aromatic rings. The monoisotopic (exact) mass is 254 g/mol. The van der Waals surface area contributed by atoms with Gasteiger partial charge in [-0.05, 0) is 24.1 Å². The first-order valence-corrected chi connectivity index (χ1v) is 5.51. The standard InChI is InChI=1S/C10H11ClN4O2/c1-15-8(16)3-2-6(9(15)17)13-7-4-5-12-10(11)14-7/h4-6H,2-3H2,1H3,(H,12,13,14). The van der Waals surface area contributed by atoms with E-state index in [9.17, 15) is 9.59 Å². The van der Waals surface area contributed by atoms with E-state index in [1.807, 2.05) is 0 Å². The Morgan fingerprint density at radius 1 is 1.53 bits per heavy atom. The summed E-state index contributed by atoms with van der Waals surface area (Å²) in [6.45, 7) is 0. The van der Waals surface area contributed by atoms with Crippen molar-refractivity contribution in [2.75, 3.05) is 12.4 Å². The topological polar surface area (TPSA) is 75.2 Å². The van der Waals surface area contributed by atoms with Crippen LogP contribution in [-0.4, -0.2) is 39.8 Å². The van der Waals surface area contributed by atoms with Crippen LogP contribution in [0.1, 0.15) is 12.8 Å². The maximum absolute atomic E-state index is 11.8. The smallest absolute Gasteiger partial charge is 0.251 e. The molecule has 1 atom stereocenters. The molecule has 2 rings (SSSR count). The van der Waals surface area contributed by atoms with E-state index in [0.29, 0.717) is 18.7 Å². The predicted octanol–water partition coefficient (Wildman–Crippen LogP) is 0.689. The van der Waals surface area contributed by atoms with Crippen molar-refractivity contribution in [1.82, 2.24) is 14.9 Å². The van der Waals surface area contributed by atoms with E-state index in [0.717, 1.165) is 4.90 Å². The highest BCUT2D eigenvalue weighted by atomic mass is 35.5. The summed E-state index contributed by atoms with van der Waals surface area (Å²) in [7, 11) is 1.48. The zero-order valence-corrected chi connectivity index (χ0v) is 9.94. The molecule has 0 aromatic carbocycles. The summed E-state index contributed by atoms with van der Waals surface area (Å²) in [4.78, 5) is 31.9. The van der Waals surface area contributed by atoms with Crippen molar-refractivity contribution in [2.45, 2.75) is 18.9 Å². The first-order chi connectivity index (χ1) is 8.08. The zero-order chi connectivity index (χ0) is 12.4. The molecule has 6 nitrogen and oxygen atoms in total. The second-order valence-electron chi connectivity index (χ2n) is 3.74. The van der Waals surface area contributed by atoms with Crippen LogP contribution in [0, 0.1) is 0 Å². The zero-order valence-electron chi connectivity index (χ0n) is 9.18. The van der Waals surface area contributed by atoms with Gasteiger partial charge in [-0.25, -0.2) is 9.97 Å². The number of amides is 2. The van der Waals surface area contributed by atoms with E-state index in [-0.39, 0.29) is 17.1 Å². The van der Waals surface area contributed by atoms with Crippen LogP contribution in [0.3, 0.4) is 0 Å². The van der Waals surface area contributed by atoms with E-state index < -0.39 is 6.04 Å². The maximum Gasteiger partial charge on any atom is 0.251 e. The molecule has 17 heavy (non-hydrogen) atoms. The van der Waals surface area contributed by atoms with E-state index in [1.165, 1.54) is 13.2 Å². The minimum absolute atomic E-state index is 0.114. The van der Waals surface area contributed by atoms with Gasteiger partial charge in [0, 0.05) is 19.7 Å². The molecule has 90 valence electrons. The molecule has 7 heteroatoms. The molecule has 0 radical (unpaired) electrons. The van der Waals surface area contributed by atoms with Crippen LogP contribution < -0.4 is 5.32 Å². The fraction of sp³-hybridized carbons (Fsp3) is 0.400. The SMILES string of the molecule is CN1C(=O)CCC(Nc2ccnc(Cl)n2)C1=O. The predicted molar refractivity (Wildman–Crippen MR) is 61.5 cm³/mol. The van der Waals surface area contributed by atoms with Crippen molar-refractivity contribution in [3.05, 3.63) is 17.5 Å². The first-order valence-electron chi connectivity index (χ1n) is 5.13. The highest BCUT2D eigenvalue weighted by Gasteiger charge is 2.31. The van der Waals surface area contributed by atoms with Crippen molar-refractivity contribution in [3.63, 3.8) is 0 Å². The third kappa shape index (κ3) is 2.52. The maximum atomic E-state index is 11.8. The number of likely N-dealkylation sites (N-methyl/N-ethyl adjacent to an activating group) is 1. The highest BCUT2D eigenvalue weighted by molar-refractivity contribution is 6.28. The number of aromatic nitrogens is 2. The number of imide groups is 1. The van der Waals surface area contributed by atoms with E-state index in [2.05, 4.69) is 15.3 Å². The lowest BCUT2D eigenvalue weighted by atomic mass is 10.0. The number of carbonyl (C=O) groups excluding carboxylic acids is 2. The highest BCUT2D eigenvalue weighted by Crippen LogP contribution is 2.16. The Balaban J connectivity index is 2.09. The quantitative estimate of drug-likeness (QED) is 0.621. The summed E-state index contributed by atoms with van der Waals surface area (Å²) in [6, 6.07) is 1.18. The van der Waals surface area contributed by atoms with Gasteiger partial charge >= 0.3 is 0 Å². The fourth-order valence-electron chi connectivity index (χ4n) is 1.64. The van der Waals surface area contributed by atoms with Crippen LogP contribution >= 0.6 is 11.6 Å². The van der Waals surface area contributed by atoms with Crippen LogP contribution in [0.4, 0.5) is 5.82 Å². The lowest BCUT2D eigenvalue weighted by Gasteiger charge is -2.28. The van der Waals surface area contributed by atoms with Gasteiger partial charge in [0.2, 0.25) is 11.2 Å². The normalized spacial score (nSPS) is 20.6. The Kier molecular flexibility index (Phi) is 3.23. The number of carbonyl (C=O) groups is 2. The fourth-order valence-corrected chi connectivity index (χ4v) is 1.79. The minimum Gasteiger partial charge on any atom is -0.358 e. The molecule has 2 heterocycles. The number of nitrogens with one attached hydrogen (secondary N) is 1. The molecule has 0 spiro atoms. The van der Waals surface area contributed by atoms with Gasteiger partial charge in [-0.1, -0.05) is 0 Å². The Morgan fingerprint density at radius 3 is 3.00 bits per heavy atom. The number of anilines is 1. The van der Waals surface area contributed by atoms with Crippen LogP contribution in [0.2, 0.25) is 5.28 Å². The van der Waals surface area contributed by atoms with Crippen molar-refractivity contribution in [3.8, 4) is 0 Å². The summed E-state index contributed by atoms with van der Waals surface area (Å²) in [5.41, 5.74) is 0. The van der Waals surface area contributed by atoms with Crippen LogP contribution in [0.5, 0.6) is 0 Å². The second-order valence-corrected chi connectivity index (χ2v) is 4.08. The Morgan fingerprint density at radius 2 is 2.29 bits per heavy atom. The Bertz CT molecular complexity index is 465. The van der Waals surface area contributed by atoms with Crippen molar-refractivity contribution < 1.29 is 9.59 Å². The molecule has 0 aliphatic carbocycles. The Labute approximate surface area is 103 Å². The third-order valence-electron chi connectivity index (χ3n) is 2.60. The summed E-state index contributed by atoms with van der Waals surface area (Å²) >= 11 is 5.64. The van der Waals surface area contributed by atoms with Gasteiger partial charge in [-0.2, -0.15) is 0 Å². The largest absolute Gasteiger partial charge is 0.358 e. The van der Waals surface area contributed by atoms with Crippen molar-refractivity contribution in [2.24, 2.45) is 0 Å². The summed E-state index contributed by atoms with van der Waals surface area (Å²) in [5, 5.41) is 3.06. The molecule has 1 unspecified atom stereocenters. The molecule has 2 amide bonds. The molecular weight excluding hydrogens is 244 g/mol. The van der Waals surface area contributed by atoms with Gasteiger partial charge in [0.15, 0.2) is 0 Å². The number of halogens is 1. The molecule has 1 aliphatic heterocycles. The number of piperidine rings is 1. The number of nitrogens with zero attached hydrogens (tertiary/aromatic N) is 3. The van der Waals surface area contributed by atoms with Crippen molar-refractivity contribution in [1.29, 1.82) is 0 Å². The van der Waals surface area contributed by atoms with Gasteiger partial charge in [-0.15, -0.1) is 0 Å². The van der Waals surface area contributed by atoms with Gasteiger partial charge in [0.05, 0.1) is 0 Å². The number of hydrogen-bond acceptors (Lipinski definition) is 5. The number of hydrogen-bond donors (Lipinski definition) is 1. The van der Waals surface area contributed by atoms with Gasteiger partial charge < -0.3 is 5.32 Å². The summed E-state index contributed by atoms with van der Waals surface area (Å²) in [5.74, 6) is 0.0656. The van der Waals surface area contributed by atoms with Crippen molar-refractivity contribution >= 4 is 29.2 Å². The lowest BCUT2D eigenvalue weighted by Crippen LogP contribution is -2.48. The van der Waals surface area contributed by atoms with Gasteiger partial charge in [0.25, 0.3) is 5.91 Å². The molecule has 1 aromatic heterocycles. The molecular formula is C10H11ClN4O2. The molecule has 0 saturated carbocycles. The second kappa shape index (κ2) is 4.67. The van der Waals surface area contributed by atoms with Crippen LogP contribution in [0.15, 0.2) is 12.3 Å². The first kappa shape index (κ1) is 11.8. The number of likely N-dealkylation sites (tertiary alicyclic amines) is 1. The van der Waals surface area contributed by atoms with E-state index in [1.54, 1.807) is 6.07 Å². The third-order valence-corrected chi connectivity index (χ3v) is 2.78.